The first-order valence-corrected chi connectivity index (χ1v) is 4.17. The highest BCUT2D eigenvalue weighted by Gasteiger charge is 1.91. The van der Waals surface area contributed by atoms with Gasteiger partial charge in [-0.2, -0.15) is 0 Å². The topological polar surface area (TPSA) is 9.23 Å². The van der Waals surface area contributed by atoms with Gasteiger partial charge in [-0.05, 0) is 13.0 Å². The van der Waals surface area contributed by atoms with Crippen LogP contribution in [0.2, 0.25) is 0 Å². The van der Waals surface area contributed by atoms with Gasteiger partial charge in [-0.3, -0.25) is 0 Å². The number of rotatable bonds is 4. The lowest BCUT2D eigenvalue weighted by atomic mass is 10.3. The van der Waals surface area contributed by atoms with Crippen LogP contribution in [0.4, 0.5) is 0 Å². The van der Waals surface area contributed by atoms with Crippen LogP contribution in [0, 0.1) is 0 Å². The molecular formula is C8H13BrO. The van der Waals surface area contributed by atoms with Gasteiger partial charge in [-0.15, -0.1) is 0 Å². The molecule has 0 aliphatic rings. The quantitative estimate of drug-likeness (QED) is 0.505. The summed E-state index contributed by atoms with van der Waals surface area (Å²) in [6, 6.07) is 0. The van der Waals surface area contributed by atoms with Gasteiger partial charge in [0.15, 0.2) is 0 Å². The summed E-state index contributed by atoms with van der Waals surface area (Å²) in [5.41, 5.74) is 0. The predicted molar refractivity (Wildman–Crippen MR) is 48.1 cm³/mol. The molecular weight excluding hydrogens is 192 g/mol. The second kappa shape index (κ2) is 5.54. The fourth-order valence-corrected chi connectivity index (χ4v) is 0.861. The minimum Gasteiger partial charge on any atom is -0.498 e. The van der Waals surface area contributed by atoms with Crippen molar-refractivity contribution in [1.29, 1.82) is 0 Å². The van der Waals surface area contributed by atoms with Gasteiger partial charge in [0, 0.05) is 10.9 Å². The molecule has 0 aromatic rings. The van der Waals surface area contributed by atoms with Crippen LogP contribution in [0.15, 0.2) is 22.9 Å². The molecule has 0 aromatic carbocycles. The molecule has 2 heteroatoms. The third-order valence-corrected chi connectivity index (χ3v) is 1.22. The normalized spacial score (nSPS) is 11.3. The van der Waals surface area contributed by atoms with Gasteiger partial charge in [-0.1, -0.05) is 29.4 Å². The summed E-state index contributed by atoms with van der Waals surface area (Å²) in [7, 11) is 0. The largest absolute Gasteiger partial charge is 0.498 e. The van der Waals surface area contributed by atoms with E-state index in [0.717, 1.165) is 23.3 Å². The van der Waals surface area contributed by atoms with E-state index in [1.807, 2.05) is 13.0 Å². The van der Waals surface area contributed by atoms with Crippen LogP contribution in [-0.4, -0.2) is 6.61 Å². The van der Waals surface area contributed by atoms with E-state index in [2.05, 4.69) is 29.4 Å². The van der Waals surface area contributed by atoms with Crippen LogP contribution in [0.25, 0.3) is 0 Å². The van der Waals surface area contributed by atoms with Crippen molar-refractivity contribution in [1.82, 2.24) is 0 Å². The summed E-state index contributed by atoms with van der Waals surface area (Å²) >= 11 is 3.23. The minimum atomic E-state index is 0.722. The lowest BCUT2D eigenvalue weighted by Crippen LogP contribution is -1.89. The van der Waals surface area contributed by atoms with Crippen LogP contribution in [0.1, 0.15) is 20.3 Å². The van der Waals surface area contributed by atoms with Crippen molar-refractivity contribution in [3.8, 4) is 0 Å². The fourth-order valence-electron chi connectivity index (χ4n) is 0.606. The third-order valence-electron chi connectivity index (χ3n) is 0.996. The Balaban J connectivity index is 3.91. The molecule has 0 spiro atoms. The van der Waals surface area contributed by atoms with Crippen LogP contribution in [0.5, 0.6) is 0 Å². The molecule has 0 unspecified atom stereocenters. The summed E-state index contributed by atoms with van der Waals surface area (Å²) in [4.78, 5) is 0. The van der Waals surface area contributed by atoms with E-state index in [0.29, 0.717) is 0 Å². The SMILES string of the molecule is C=C(Br)/C=C(\CC)OCC. The Hall–Kier alpha value is -0.240. The Labute approximate surface area is 70.9 Å². The molecule has 0 amide bonds. The highest BCUT2D eigenvalue weighted by Crippen LogP contribution is 2.10. The number of allylic oxidation sites excluding steroid dienone is 3. The minimum absolute atomic E-state index is 0.722. The zero-order chi connectivity index (χ0) is 7.98. The highest BCUT2D eigenvalue weighted by atomic mass is 79.9. The predicted octanol–water partition coefficient (Wildman–Crippen LogP) is 3.23. The number of halogens is 1. The monoisotopic (exact) mass is 204 g/mol. The molecule has 0 fully saturated rings. The number of hydrogen-bond donors (Lipinski definition) is 0. The zero-order valence-corrected chi connectivity index (χ0v) is 8.07. The van der Waals surface area contributed by atoms with Crippen LogP contribution in [0.3, 0.4) is 0 Å². The molecule has 58 valence electrons. The van der Waals surface area contributed by atoms with Crippen molar-refractivity contribution in [2.45, 2.75) is 20.3 Å². The summed E-state index contributed by atoms with van der Waals surface area (Å²) in [6.45, 7) is 8.43. The van der Waals surface area contributed by atoms with Crippen molar-refractivity contribution in [3.63, 3.8) is 0 Å². The molecule has 0 aliphatic heterocycles. The maximum atomic E-state index is 5.27. The maximum Gasteiger partial charge on any atom is 0.0967 e. The van der Waals surface area contributed by atoms with E-state index in [1.165, 1.54) is 0 Å². The Morgan fingerprint density at radius 2 is 2.20 bits per heavy atom. The van der Waals surface area contributed by atoms with Crippen molar-refractivity contribution in [3.05, 3.63) is 22.9 Å². The molecule has 0 rings (SSSR count). The first-order chi connectivity index (χ1) is 4.70. The van der Waals surface area contributed by atoms with Gasteiger partial charge in [0.05, 0.1) is 12.4 Å². The standard InChI is InChI=1S/C8H13BrO/c1-4-8(10-5-2)6-7(3)9/h6H,3-5H2,1-2H3/b8-6+. The van der Waals surface area contributed by atoms with Crippen LogP contribution < -0.4 is 0 Å². The van der Waals surface area contributed by atoms with Gasteiger partial charge in [0.1, 0.15) is 0 Å². The molecule has 0 saturated heterocycles. The summed E-state index contributed by atoms with van der Waals surface area (Å²) in [5, 5.41) is 0. The molecule has 0 atom stereocenters. The van der Waals surface area contributed by atoms with Crippen molar-refractivity contribution in [2.24, 2.45) is 0 Å². The van der Waals surface area contributed by atoms with Gasteiger partial charge in [0.2, 0.25) is 0 Å². The second-order valence-electron chi connectivity index (χ2n) is 1.84. The van der Waals surface area contributed by atoms with Gasteiger partial charge in [-0.25, -0.2) is 0 Å². The third kappa shape index (κ3) is 4.62. The lowest BCUT2D eigenvalue weighted by molar-refractivity contribution is 0.221. The summed E-state index contributed by atoms with van der Waals surface area (Å²) in [5.74, 6) is 0.976. The molecule has 0 radical (unpaired) electrons. The Morgan fingerprint density at radius 1 is 1.60 bits per heavy atom. The van der Waals surface area contributed by atoms with Gasteiger partial charge in [0.25, 0.3) is 0 Å². The Morgan fingerprint density at radius 3 is 2.50 bits per heavy atom. The number of ether oxygens (including phenoxy) is 1. The van der Waals surface area contributed by atoms with Crippen molar-refractivity contribution >= 4 is 15.9 Å². The first kappa shape index (κ1) is 9.76. The fraction of sp³-hybridized carbons (Fsp3) is 0.500. The highest BCUT2D eigenvalue weighted by molar-refractivity contribution is 9.11. The zero-order valence-electron chi connectivity index (χ0n) is 6.48. The average Bonchev–Trinajstić information content (AvgIpc) is 1.86. The van der Waals surface area contributed by atoms with E-state index in [1.54, 1.807) is 0 Å². The second-order valence-corrected chi connectivity index (χ2v) is 2.86. The van der Waals surface area contributed by atoms with Crippen LogP contribution >= 0.6 is 15.9 Å². The maximum absolute atomic E-state index is 5.27. The summed E-state index contributed by atoms with van der Waals surface area (Å²) in [6.07, 6.45) is 2.81. The Bertz CT molecular complexity index is 138. The van der Waals surface area contributed by atoms with Gasteiger partial charge >= 0.3 is 0 Å². The van der Waals surface area contributed by atoms with Crippen molar-refractivity contribution in [2.75, 3.05) is 6.61 Å². The van der Waals surface area contributed by atoms with Crippen molar-refractivity contribution < 1.29 is 4.74 Å². The molecule has 0 aromatic heterocycles. The molecule has 0 bridgehead atoms. The number of hydrogen-bond acceptors (Lipinski definition) is 1. The van der Waals surface area contributed by atoms with Crippen LogP contribution in [-0.2, 0) is 4.74 Å². The molecule has 10 heavy (non-hydrogen) atoms. The lowest BCUT2D eigenvalue weighted by Gasteiger charge is -2.04. The smallest absolute Gasteiger partial charge is 0.0967 e. The van der Waals surface area contributed by atoms with E-state index >= 15 is 0 Å². The average molecular weight is 205 g/mol. The first-order valence-electron chi connectivity index (χ1n) is 3.38. The molecule has 0 N–H and O–H groups in total. The van der Waals surface area contributed by atoms with Gasteiger partial charge < -0.3 is 4.74 Å². The molecule has 0 saturated carbocycles. The van der Waals surface area contributed by atoms with E-state index < -0.39 is 0 Å². The molecule has 0 heterocycles. The molecule has 1 nitrogen and oxygen atoms in total. The Kier molecular flexibility index (Phi) is 5.40. The van der Waals surface area contributed by atoms with E-state index in [-0.39, 0.29) is 0 Å². The van der Waals surface area contributed by atoms with E-state index in [9.17, 15) is 0 Å². The molecule has 0 aliphatic carbocycles. The van der Waals surface area contributed by atoms with E-state index in [4.69, 9.17) is 4.74 Å². The summed E-state index contributed by atoms with van der Waals surface area (Å²) < 4.78 is 6.13.